The molecule has 2 amide bonds. The number of hydrogen-bond donors (Lipinski definition) is 2. The van der Waals surface area contributed by atoms with Crippen molar-refractivity contribution in [3.63, 3.8) is 0 Å². The Morgan fingerprint density at radius 1 is 1.30 bits per heavy atom. The van der Waals surface area contributed by atoms with Gasteiger partial charge in [-0.2, -0.15) is 0 Å². The minimum Gasteiger partial charge on any atom is -0.273 e. The van der Waals surface area contributed by atoms with Crippen LogP contribution in [0.25, 0.3) is 0 Å². The normalized spacial score (nSPS) is 22.7. The summed E-state index contributed by atoms with van der Waals surface area (Å²) in [5.41, 5.74) is 6.42. The minimum atomic E-state index is -0.201. The number of carbonyl (C=O) groups is 2. The Labute approximate surface area is 141 Å². The molecule has 1 heterocycles. The minimum absolute atomic E-state index is 0.123. The van der Waals surface area contributed by atoms with Gasteiger partial charge in [0.15, 0.2) is 0 Å². The molecule has 2 atom stereocenters. The van der Waals surface area contributed by atoms with Crippen LogP contribution in [0.1, 0.15) is 59.1 Å². The van der Waals surface area contributed by atoms with Crippen LogP contribution < -0.4 is 10.9 Å². The van der Waals surface area contributed by atoms with E-state index in [-0.39, 0.29) is 11.8 Å². The molecule has 0 bridgehead atoms. The van der Waals surface area contributed by atoms with Crippen LogP contribution in [0.15, 0.2) is 18.2 Å². The van der Waals surface area contributed by atoms with Crippen LogP contribution in [0.2, 0.25) is 0 Å². The van der Waals surface area contributed by atoms with Gasteiger partial charge in [-0.3, -0.25) is 20.4 Å². The number of nitrogens with one attached hydrogen (secondary N) is 2. The van der Waals surface area contributed by atoms with Crippen molar-refractivity contribution in [2.75, 3.05) is 0 Å². The van der Waals surface area contributed by atoms with Crippen LogP contribution in [0.4, 0.5) is 0 Å². The number of amides is 2. The molecule has 4 nitrogen and oxygen atoms in total. The molecule has 23 heavy (non-hydrogen) atoms. The number of hydrogen-bond acceptors (Lipinski definition) is 3. The number of hydrazine groups is 1. The fourth-order valence-corrected chi connectivity index (χ4v) is 4.51. The largest absolute Gasteiger partial charge is 0.279 e. The van der Waals surface area contributed by atoms with Crippen LogP contribution in [0, 0.1) is 11.8 Å². The maximum absolute atomic E-state index is 12.2. The molecule has 0 aliphatic heterocycles. The maximum atomic E-state index is 12.2. The smallest absolute Gasteiger partial charge is 0.273 e. The van der Waals surface area contributed by atoms with Crippen molar-refractivity contribution in [3.05, 3.63) is 33.5 Å². The Bertz CT molecular complexity index is 621. The molecule has 1 aromatic heterocycles. The molecular weight excluding hydrogens is 308 g/mol. The molecule has 2 aliphatic rings. The molecule has 0 fully saturated rings. The number of rotatable bonds is 4. The van der Waals surface area contributed by atoms with E-state index in [1.807, 2.05) is 6.07 Å². The molecule has 3 rings (SSSR count). The van der Waals surface area contributed by atoms with Crippen LogP contribution in [-0.4, -0.2) is 11.8 Å². The molecule has 0 unspecified atom stereocenters. The lowest BCUT2D eigenvalue weighted by Gasteiger charge is -2.19. The van der Waals surface area contributed by atoms with Crippen LogP contribution in [0.5, 0.6) is 0 Å². The number of fused-ring (bicyclic) bond motifs is 1. The van der Waals surface area contributed by atoms with Crippen molar-refractivity contribution < 1.29 is 9.59 Å². The highest BCUT2D eigenvalue weighted by atomic mass is 32.1. The van der Waals surface area contributed by atoms with E-state index in [1.54, 1.807) is 11.3 Å². The van der Waals surface area contributed by atoms with Gasteiger partial charge in [-0.25, -0.2) is 0 Å². The molecule has 5 heteroatoms. The lowest BCUT2D eigenvalue weighted by atomic mass is 9.87. The number of aryl methyl sites for hydroxylation is 1. The Balaban J connectivity index is 1.51. The molecular formula is C18H24N2O2S. The second-order valence-corrected chi connectivity index (χ2v) is 7.68. The first-order valence-electron chi connectivity index (χ1n) is 8.53. The molecule has 0 radical (unpaired) electrons. The first-order valence-corrected chi connectivity index (χ1v) is 9.34. The summed E-state index contributed by atoms with van der Waals surface area (Å²) in [7, 11) is 0. The zero-order valence-electron chi connectivity index (χ0n) is 13.6. The van der Waals surface area contributed by atoms with Gasteiger partial charge in [-0.15, -0.1) is 11.3 Å². The van der Waals surface area contributed by atoms with Gasteiger partial charge in [-0.1, -0.05) is 25.5 Å². The van der Waals surface area contributed by atoms with Crippen molar-refractivity contribution in [2.24, 2.45) is 11.8 Å². The van der Waals surface area contributed by atoms with E-state index >= 15 is 0 Å². The second kappa shape index (κ2) is 7.30. The van der Waals surface area contributed by atoms with Gasteiger partial charge >= 0.3 is 0 Å². The standard InChI is InChI=1S/C18H24N2O2S/c1-2-12-7-8-15-14(9-12)11-16(23-15)18(22)20-19-17(21)10-13-5-3-4-6-13/h3,5,11-13H,2,4,6-10H2,1H3,(H,19,21)(H,20,22)/t12-,13+/m1/s1. The summed E-state index contributed by atoms with van der Waals surface area (Å²) in [4.78, 5) is 26.1. The summed E-state index contributed by atoms with van der Waals surface area (Å²) in [5, 5.41) is 0. The van der Waals surface area contributed by atoms with Gasteiger partial charge in [-0.05, 0) is 55.6 Å². The fraction of sp³-hybridized carbons (Fsp3) is 0.556. The lowest BCUT2D eigenvalue weighted by Crippen LogP contribution is -2.41. The summed E-state index contributed by atoms with van der Waals surface area (Å²) >= 11 is 1.57. The summed E-state index contributed by atoms with van der Waals surface area (Å²) in [6.07, 6.45) is 11.3. The average Bonchev–Trinajstić information content (AvgIpc) is 3.20. The van der Waals surface area contributed by atoms with Crippen molar-refractivity contribution in [2.45, 2.75) is 51.9 Å². The number of carbonyl (C=O) groups excluding carboxylic acids is 2. The molecule has 0 aromatic carbocycles. The highest BCUT2D eigenvalue weighted by Gasteiger charge is 2.22. The zero-order chi connectivity index (χ0) is 16.2. The fourth-order valence-electron chi connectivity index (χ4n) is 3.40. The molecule has 2 aliphatic carbocycles. The Hall–Kier alpha value is -1.62. The van der Waals surface area contributed by atoms with Gasteiger partial charge < -0.3 is 0 Å². The third-order valence-electron chi connectivity index (χ3n) is 4.86. The highest BCUT2D eigenvalue weighted by molar-refractivity contribution is 7.14. The quantitative estimate of drug-likeness (QED) is 0.656. The van der Waals surface area contributed by atoms with Gasteiger partial charge in [0.25, 0.3) is 5.91 Å². The maximum Gasteiger partial charge on any atom is 0.279 e. The first-order chi connectivity index (χ1) is 11.2. The van der Waals surface area contributed by atoms with E-state index in [0.29, 0.717) is 17.2 Å². The van der Waals surface area contributed by atoms with Gasteiger partial charge in [0.05, 0.1) is 4.88 Å². The van der Waals surface area contributed by atoms with E-state index in [2.05, 4.69) is 29.9 Å². The van der Waals surface area contributed by atoms with Crippen LogP contribution >= 0.6 is 11.3 Å². The molecule has 2 N–H and O–H groups in total. The van der Waals surface area contributed by atoms with Crippen molar-refractivity contribution >= 4 is 23.2 Å². The average molecular weight is 332 g/mol. The zero-order valence-corrected chi connectivity index (χ0v) is 14.4. The van der Waals surface area contributed by atoms with E-state index in [9.17, 15) is 9.59 Å². The third kappa shape index (κ3) is 4.02. The summed E-state index contributed by atoms with van der Waals surface area (Å²) in [6, 6.07) is 2.00. The summed E-state index contributed by atoms with van der Waals surface area (Å²) in [5.74, 6) is 0.731. The summed E-state index contributed by atoms with van der Waals surface area (Å²) in [6.45, 7) is 2.23. The second-order valence-electron chi connectivity index (χ2n) is 6.55. The summed E-state index contributed by atoms with van der Waals surface area (Å²) < 4.78 is 0. The van der Waals surface area contributed by atoms with Crippen molar-refractivity contribution in [3.8, 4) is 0 Å². The SMILES string of the molecule is CC[C@@H]1CCc2sc(C(=O)NNC(=O)C[C@H]3C=CCC3)cc2C1. The first kappa shape index (κ1) is 16.2. The highest BCUT2D eigenvalue weighted by Crippen LogP contribution is 2.33. The monoisotopic (exact) mass is 332 g/mol. The Kier molecular flexibility index (Phi) is 5.16. The van der Waals surface area contributed by atoms with Gasteiger partial charge in [0, 0.05) is 11.3 Å². The Morgan fingerprint density at radius 2 is 2.17 bits per heavy atom. The van der Waals surface area contributed by atoms with Gasteiger partial charge in [0.2, 0.25) is 5.91 Å². The van der Waals surface area contributed by atoms with E-state index in [1.165, 1.54) is 23.3 Å². The van der Waals surface area contributed by atoms with E-state index in [0.717, 1.165) is 31.6 Å². The van der Waals surface area contributed by atoms with Crippen molar-refractivity contribution in [1.82, 2.24) is 10.9 Å². The lowest BCUT2D eigenvalue weighted by molar-refractivity contribution is -0.122. The topological polar surface area (TPSA) is 58.2 Å². The predicted molar refractivity (Wildman–Crippen MR) is 92.2 cm³/mol. The molecule has 1 aromatic rings. The van der Waals surface area contributed by atoms with E-state index < -0.39 is 0 Å². The predicted octanol–water partition coefficient (Wildman–Crippen LogP) is 3.38. The van der Waals surface area contributed by atoms with Crippen molar-refractivity contribution in [1.29, 1.82) is 0 Å². The molecule has 0 saturated carbocycles. The number of thiophene rings is 1. The molecule has 0 saturated heterocycles. The third-order valence-corrected chi connectivity index (χ3v) is 6.10. The van der Waals surface area contributed by atoms with E-state index in [4.69, 9.17) is 0 Å². The number of allylic oxidation sites excluding steroid dienone is 2. The van der Waals surface area contributed by atoms with Crippen LogP contribution in [-0.2, 0) is 17.6 Å². The Morgan fingerprint density at radius 3 is 2.91 bits per heavy atom. The molecule has 124 valence electrons. The van der Waals surface area contributed by atoms with Crippen LogP contribution in [0.3, 0.4) is 0 Å². The van der Waals surface area contributed by atoms with Gasteiger partial charge in [0.1, 0.15) is 0 Å². The molecule has 0 spiro atoms.